The van der Waals surface area contributed by atoms with Gasteiger partial charge in [-0.25, -0.2) is 8.42 Å². The van der Waals surface area contributed by atoms with Crippen LogP contribution < -0.4 is 10.1 Å². The van der Waals surface area contributed by atoms with E-state index in [9.17, 15) is 22.0 Å². The van der Waals surface area contributed by atoms with Gasteiger partial charge in [0.05, 0.1) is 4.90 Å². The summed E-state index contributed by atoms with van der Waals surface area (Å²) in [6.07, 6.45) is 1.46. The highest BCUT2D eigenvalue weighted by molar-refractivity contribution is 7.89. The summed E-state index contributed by atoms with van der Waals surface area (Å²) in [4.78, 5) is 12.8. The zero-order valence-corrected chi connectivity index (χ0v) is 19.3. The maximum absolute atomic E-state index is 13.1. The van der Waals surface area contributed by atoms with Crippen molar-refractivity contribution in [2.24, 2.45) is 5.92 Å². The number of rotatable bonds is 8. The first-order valence-corrected chi connectivity index (χ1v) is 12.6. The van der Waals surface area contributed by atoms with E-state index in [1.807, 2.05) is 30.3 Å². The number of hydrogen-bond acceptors (Lipinski definition) is 4. The van der Waals surface area contributed by atoms with Crippen LogP contribution >= 0.6 is 0 Å². The van der Waals surface area contributed by atoms with E-state index in [-0.39, 0.29) is 22.5 Å². The zero-order valence-electron chi connectivity index (χ0n) is 18.5. The van der Waals surface area contributed by atoms with E-state index < -0.39 is 16.6 Å². The Morgan fingerprint density at radius 3 is 2.35 bits per heavy atom. The molecular weight excluding hydrogens is 462 g/mol. The molecule has 3 aromatic rings. The van der Waals surface area contributed by atoms with Gasteiger partial charge in [0, 0.05) is 25.6 Å². The number of ether oxygens (including phenoxy) is 1. The highest BCUT2D eigenvalue weighted by atomic mass is 32.2. The van der Waals surface area contributed by atoms with Gasteiger partial charge in [0.25, 0.3) is 0 Å². The summed E-state index contributed by atoms with van der Waals surface area (Å²) >= 11 is 0. The van der Waals surface area contributed by atoms with E-state index >= 15 is 0 Å². The molecule has 3 aromatic carbocycles. The Balaban J connectivity index is 1.26. The van der Waals surface area contributed by atoms with Crippen LogP contribution in [0.5, 0.6) is 5.75 Å². The van der Waals surface area contributed by atoms with Crippen LogP contribution in [0, 0.1) is 5.92 Å². The Kier molecular flexibility index (Phi) is 7.43. The number of nitrogens with one attached hydrogen (secondary N) is 1. The Morgan fingerprint density at radius 2 is 1.68 bits per heavy atom. The first-order chi connectivity index (χ1) is 16.3. The van der Waals surface area contributed by atoms with Crippen LogP contribution in [0.4, 0.5) is 8.78 Å². The fourth-order valence-corrected chi connectivity index (χ4v) is 5.65. The minimum atomic E-state index is -3.62. The van der Waals surface area contributed by atoms with Gasteiger partial charge in [-0.15, -0.1) is 0 Å². The number of piperidine rings is 1. The monoisotopic (exact) mass is 488 g/mol. The highest BCUT2D eigenvalue weighted by Crippen LogP contribution is 2.26. The first kappa shape index (κ1) is 24.1. The fraction of sp³-hybridized carbons (Fsp3) is 0.320. The van der Waals surface area contributed by atoms with Crippen molar-refractivity contribution in [2.45, 2.75) is 30.8 Å². The van der Waals surface area contributed by atoms with Gasteiger partial charge in [-0.2, -0.15) is 13.1 Å². The number of sulfonamides is 1. The lowest BCUT2D eigenvalue weighted by Gasteiger charge is -2.30. The molecule has 1 fully saturated rings. The molecule has 0 aromatic heterocycles. The molecule has 6 nitrogen and oxygen atoms in total. The van der Waals surface area contributed by atoms with Crippen molar-refractivity contribution in [3.8, 4) is 5.75 Å². The molecule has 1 saturated heterocycles. The number of hydrogen-bond donors (Lipinski definition) is 1. The predicted molar refractivity (Wildman–Crippen MR) is 125 cm³/mol. The second-order valence-electron chi connectivity index (χ2n) is 8.25. The molecule has 0 aliphatic carbocycles. The molecule has 4 rings (SSSR count). The molecule has 9 heteroatoms. The Morgan fingerprint density at radius 1 is 1.00 bits per heavy atom. The topological polar surface area (TPSA) is 75.7 Å². The van der Waals surface area contributed by atoms with Crippen LogP contribution in [-0.2, 0) is 21.2 Å². The molecule has 0 unspecified atom stereocenters. The molecule has 180 valence electrons. The summed E-state index contributed by atoms with van der Waals surface area (Å²) in [5, 5.41) is 4.75. The van der Waals surface area contributed by atoms with Crippen molar-refractivity contribution in [1.82, 2.24) is 9.62 Å². The normalized spacial score (nSPS) is 15.5. The number of amides is 1. The van der Waals surface area contributed by atoms with Gasteiger partial charge >= 0.3 is 6.61 Å². The van der Waals surface area contributed by atoms with Crippen LogP contribution in [-0.4, -0.2) is 44.9 Å². The van der Waals surface area contributed by atoms with E-state index in [2.05, 4.69) is 10.1 Å². The summed E-state index contributed by atoms with van der Waals surface area (Å²) in [7, 11) is -3.62. The third-order valence-electron chi connectivity index (χ3n) is 6.04. The van der Waals surface area contributed by atoms with Crippen molar-refractivity contribution in [1.29, 1.82) is 0 Å². The van der Waals surface area contributed by atoms with E-state index in [0.29, 0.717) is 38.9 Å². The molecule has 1 aliphatic rings. The Hall–Kier alpha value is -3.04. The lowest BCUT2D eigenvalue weighted by atomic mass is 9.97. The van der Waals surface area contributed by atoms with Gasteiger partial charge in [0.2, 0.25) is 15.9 Å². The average Bonchev–Trinajstić information content (AvgIpc) is 2.84. The Labute approximate surface area is 197 Å². The van der Waals surface area contributed by atoms with Gasteiger partial charge in [0.1, 0.15) is 5.75 Å². The van der Waals surface area contributed by atoms with Gasteiger partial charge in [-0.3, -0.25) is 4.79 Å². The minimum Gasteiger partial charge on any atom is -0.435 e. The van der Waals surface area contributed by atoms with Crippen LogP contribution in [0.2, 0.25) is 0 Å². The van der Waals surface area contributed by atoms with Crippen LogP contribution in [0.25, 0.3) is 10.8 Å². The molecular formula is C25H26F2N2O4S. The van der Waals surface area contributed by atoms with Crippen LogP contribution in [0.1, 0.15) is 18.4 Å². The van der Waals surface area contributed by atoms with Crippen molar-refractivity contribution < 1.29 is 26.7 Å². The third-order valence-corrected chi connectivity index (χ3v) is 7.94. The summed E-state index contributed by atoms with van der Waals surface area (Å²) in [6, 6.07) is 19.0. The van der Waals surface area contributed by atoms with E-state index in [1.165, 1.54) is 16.4 Å². The first-order valence-electron chi connectivity index (χ1n) is 11.1. The highest BCUT2D eigenvalue weighted by Gasteiger charge is 2.32. The van der Waals surface area contributed by atoms with Gasteiger partial charge < -0.3 is 10.1 Å². The lowest BCUT2D eigenvalue weighted by Crippen LogP contribution is -2.43. The van der Waals surface area contributed by atoms with Crippen molar-refractivity contribution >= 4 is 26.7 Å². The summed E-state index contributed by atoms with van der Waals surface area (Å²) in [5.41, 5.74) is 0.887. The molecule has 0 spiro atoms. The van der Waals surface area contributed by atoms with E-state index in [4.69, 9.17) is 0 Å². The molecule has 0 bridgehead atoms. The van der Waals surface area contributed by atoms with Crippen LogP contribution in [0.15, 0.2) is 71.6 Å². The predicted octanol–water partition coefficient (Wildman–Crippen LogP) is 4.20. The second kappa shape index (κ2) is 10.5. The Bertz CT molecular complexity index is 1240. The maximum Gasteiger partial charge on any atom is 0.387 e. The summed E-state index contributed by atoms with van der Waals surface area (Å²) in [6.45, 7) is -1.87. The SMILES string of the molecule is O=C(NCCc1ccc(OC(F)F)cc1)C1CCN(S(=O)(=O)c2ccc3ccccc3c2)CC1. The molecule has 1 aliphatic heterocycles. The smallest absolute Gasteiger partial charge is 0.387 e. The number of carbonyl (C=O) groups excluding carboxylic acids is 1. The number of carbonyl (C=O) groups is 1. The number of alkyl halides is 2. The van der Waals surface area contributed by atoms with Crippen molar-refractivity contribution in [3.05, 3.63) is 72.3 Å². The summed E-state index contributed by atoms with van der Waals surface area (Å²) in [5.74, 6) is -0.251. The molecule has 0 atom stereocenters. The maximum atomic E-state index is 13.1. The second-order valence-corrected chi connectivity index (χ2v) is 10.2. The van der Waals surface area contributed by atoms with E-state index in [1.54, 1.807) is 24.3 Å². The fourth-order valence-electron chi connectivity index (χ4n) is 4.15. The van der Waals surface area contributed by atoms with Crippen molar-refractivity contribution in [2.75, 3.05) is 19.6 Å². The molecule has 1 amide bonds. The average molecular weight is 489 g/mol. The lowest BCUT2D eigenvalue weighted by molar-refractivity contribution is -0.126. The molecule has 1 N–H and O–H groups in total. The quantitative estimate of drug-likeness (QED) is 0.516. The molecule has 1 heterocycles. The number of benzene rings is 3. The van der Waals surface area contributed by atoms with Crippen molar-refractivity contribution in [3.63, 3.8) is 0 Å². The largest absolute Gasteiger partial charge is 0.435 e. The van der Waals surface area contributed by atoms with Gasteiger partial charge in [-0.1, -0.05) is 42.5 Å². The standard InChI is InChI=1S/C25H26F2N2O4S/c26-25(27)33-22-8-5-18(6-9-22)11-14-28-24(30)20-12-15-29(16-13-20)34(31,32)23-10-7-19-3-1-2-4-21(19)17-23/h1-10,17,20,25H,11-16H2,(H,28,30). The van der Waals surface area contributed by atoms with E-state index in [0.717, 1.165) is 16.3 Å². The zero-order chi connectivity index (χ0) is 24.1. The third kappa shape index (κ3) is 5.71. The molecule has 34 heavy (non-hydrogen) atoms. The summed E-state index contributed by atoms with van der Waals surface area (Å²) < 4.78 is 56.4. The minimum absolute atomic E-state index is 0.0909. The van der Waals surface area contributed by atoms with Gasteiger partial charge in [0.15, 0.2) is 0 Å². The van der Waals surface area contributed by atoms with Gasteiger partial charge in [-0.05, 0) is 59.9 Å². The molecule has 0 saturated carbocycles. The number of fused-ring (bicyclic) bond motifs is 1. The van der Waals surface area contributed by atoms with Crippen LogP contribution in [0.3, 0.4) is 0 Å². The number of nitrogens with zero attached hydrogens (tertiary/aromatic N) is 1. The number of halogens is 2. The molecule has 0 radical (unpaired) electrons.